The van der Waals surface area contributed by atoms with Gasteiger partial charge in [-0.1, -0.05) is 72.8 Å². The molecule has 0 saturated carbocycles. The molecule has 0 fully saturated rings. The molecule has 4 heteroatoms. The Bertz CT molecular complexity index is 1450. The van der Waals surface area contributed by atoms with E-state index in [2.05, 4.69) is 174 Å². The lowest BCUT2D eigenvalue weighted by molar-refractivity contribution is 1.25. The lowest BCUT2D eigenvalue weighted by atomic mass is 10.1. The second kappa shape index (κ2) is 11.6. The third-order valence-corrected chi connectivity index (χ3v) is 8.27. The molecule has 1 aromatic heterocycles. The standard InChI is InChI=1S/C35H28N2S2/c38-26-34-21-22-35(39-34)27-23-32(36(28-13-5-1-6-14-28)29-15-7-2-8-16-29)25-33(24-27)37(30-17-9-3-10-18-30)31-19-11-4-12-20-31/h1-25,38H,26H2. The van der Waals surface area contributed by atoms with Crippen molar-refractivity contribution in [1.29, 1.82) is 0 Å². The number of hydrogen-bond acceptors (Lipinski definition) is 4. The smallest absolute Gasteiger partial charge is 0.0488 e. The molecule has 0 spiro atoms. The van der Waals surface area contributed by atoms with E-state index in [0.29, 0.717) is 0 Å². The summed E-state index contributed by atoms with van der Waals surface area (Å²) < 4.78 is 0. The summed E-state index contributed by atoms with van der Waals surface area (Å²) in [6, 6.07) is 53.6. The minimum absolute atomic E-state index is 0.734. The van der Waals surface area contributed by atoms with Gasteiger partial charge in [-0.25, -0.2) is 0 Å². The number of rotatable bonds is 8. The van der Waals surface area contributed by atoms with Crippen LogP contribution in [0.5, 0.6) is 0 Å². The van der Waals surface area contributed by atoms with Crippen LogP contribution in [0.15, 0.2) is 152 Å². The van der Waals surface area contributed by atoms with Crippen LogP contribution in [-0.4, -0.2) is 0 Å². The molecule has 0 saturated heterocycles. The maximum Gasteiger partial charge on any atom is 0.0488 e. The molecule has 0 unspecified atom stereocenters. The summed E-state index contributed by atoms with van der Waals surface area (Å²) in [7, 11) is 0. The molecule has 39 heavy (non-hydrogen) atoms. The average molecular weight is 541 g/mol. The van der Waals surface area contributed by atoms with E-state index < -0.39 is 0 Å². The van der Waals surface area contributed by atoms with Crippen molar-refractivity contribution in [3.05, 3.63) is 157 Å². The zero-order valence-electron chi connectivity index (χ0n) is 21.4. The van der Waals surface area contributed by atoms with Crippen LogP contribution in [0, 0.1) is 0 Å². The van der Waals surface area contributed by atoms with Crippen LogP contribution in [0.2, 0.25) is 0 Å². The number of para-hydroxylation sites is 4. The Hall–Kier alpha value is -4.25. The first kappa shape index (κ1) is 25.1. The molecule has 0 aliphatic rings. The van der Waals surface area contributed by atoms with Crippen molar-refractivity contribution >= 4 is 58.1 Å². The maximum absolute atomic E-state index is 4.53. The van der Waals surface area contributed by atoms with Gasteiger partial charge in [0.2, 0.25) is 0 Å². The third-order valence-electron chi connectivity index (χ3n) is 6.58. The predicted octanol–water partition coefficient (Wildman–Crippen LogP) is 10.8. The Morgan fingerprint density at radius 2 is 0.821 bits per heavy atom. The van der Waals surface area contributed by atoms with E-state index in [1.165, 1.54) is 15.3 Å². The van der Waals surface area contributed by atoms with E-state index >= 15 is 0 Å². The molecule has 2 nitrogen and oxygen atoms in total. The highest BCUT2D eigenvalue weighted by molar-refractivity contribution is 7.79. The summed E-state index contributed by atoms with van der Waals surface area (Å²) in [5.74, 6) is 0.734. The van der Waals surface area contributed by atoms with E-state index in [1.54, 1.807) is 11.3 Å². The van der Waals surface area contributed by atoms with Crippen LogP contribution < -0.4 is 9.80 Å². The van der Waals surface area contributed by atoms with Gasteiger partial charge in [0.1, 0.15) is 0 Å². The quantitative estimate of drug-likeness (QED) is 0.192. The Morgan fingerprint density at radius 3 is 1.15 bits per heavy atom. The highest BCUT2D eigenvalue weighted by Crippen LogP contribution is 2.43. The minimum atomic E-state index is 0.734. The van der Waals surface area contributed by atoms with Gasteiger partial charge in [-0.05, 0) is 84.4 Å². The first-order valence-electron chi connectivity index (χ1n) is 13.0. The van der Waals surface area contributed by atoms with Crippen LogP contribution in [0.25, 0.3) is 10.4 Å². The molecule has 0 aliphatic heterocycles. The van der Waals surface area contributed by atoms with Gasteiger partial charge in [-0.3, -0.25) is 0 Å². The fourth-order valence-electron chi connectivity index (χ4n) is 4.82. The minimum Gasteiger partial charge on any atom is -0.310 e. The van der Waals surface area contributed by atoms with Crippen molar-refractivity contribution in [1.82, 2.24) is 0 Å². The monoisotopic (exact) mass is 540 g/mol. The second-order valence-electron chi connectivity index (χ2n) is 9.18. The molecule has 0 radical (unpaired) electrons. The van der Waals surface area contributed by atoms with Crippen molar-refractivity contribution in [2.24, 2.45) is 0 Å². The Kier molecular flexibility index (Phi) is 7.48. The molecular formula is C35H28N2S2. The van der Waals surface area contributed by atoms with Crippen molar-refractivity contribution in [2.75, 3.05) is 9.80 Å². The number of nitrogens with zero attached hydrogens (tertiary/aromatic N) is 2. The Labute approximate surface area is 239 Å². The molecule has 0 bridgehead atoms. The van der Waals surface area contributed by atoms with Gasteiger partial charge in [0.15, 0.2) is 0 Å². The average Bonchev–Trinajstić information content (AvgIpc) is 3.50. The summed E-state index contributed by atoms with van der Waals surface area (Å²) in [5.41, 5.74) is 7.81. The zero-order chi connectivity index (χ0) is 26.4. The molecule has 0 N–H and O–H groups in total. The van der Waals surface area contributed by atoms with Crippen LogP contribution >= 0.6 is 24.0 Å². The maximum atomic E-state index is 4.53. The molecule has 6 rings (SSSR count). The molecule has 0 amide bonds. The fraction of sp³-hybridized carbons (Fsp3) is 0.0286. The molecule has 6 aromatic rings. The van der Waals surface area contributed by atoms with E-state index in [0.717, 1.165) is 39.9 Å². The van der Waals surface area contributed by atoms with E-state index in [-0.39, 0.29) is 0 Å². The van der Waals surface area contributed by atoms with Gasteiger partial charge in [0.05, 0.1) is 0 Å². The van der Waals surface area contributed by atoms with Crippen molar-refractivity contribution in [3.63, 3.8) is 0 Å². The number of thiophene rings is 1. The van der Waals surface area contributed by atoms with Crippen LogP contribution in [0.4, 0.5) is 34.1 Å². The fourth-order valence-corrected chi connectivity index (χ4v) is 5.97. The van der Waals surface area contributed by atoms with Crippen molar-refractivity contribution in [2.45, 2.75) is 5.75 Å². The molecule has 1 heterocycles. The normalized spacial score (nSPS) is 10.8. The van der Waals surface area contributed by atoms with E-state index in [4.69, 9.17) is 0 Å². The summed E-state index contributed by atoms with van der Waals surface area (Å²) in [5, 5.41) is 0. The lowest BCUT2D eigenvalue weighted by Gasteiger charge is -2.30. The second-order valence-corrected chi connectivity index (χ2v) is 10.7. The first-order valence-corrected chi connectivity index (χ1v) is 14.4. The molecule has 0 atom stereocenters. The lowest BCUT2D eigenvalue weighted by Crippen LogP contribution is -2.13. The SMILES string of the molecule is SCc1ccc(-c2cc(N(c3ccccc3)c3ccccc3)cc(N(c3ccccc3)c3ccccc3)c2)s1. The number of hydrogen-bond donors (Lipinski definition) is 1. The molecule has 5 aromatic carbocycles. The number of benzene rings is 5. The van der Waals surface area contributed by atoms with Gasteiger partial charge in [0, 0.05) is 49.6 Å². The van der Waals surface area contributed by atoms with Gasteiger partial charge in [-0.2, -0.15) is 12.6 Å². The highest BCUT2D eigenvalue weighted by Gasteiger charge is 2.19. The summed E-state index contributed by atoms with van der Waals surface area (Å²) >= 11 is 6.32. The topological polar surface area (TPSA) is 6.48 Å². The third kappa shape index (κ3) is 5.49. The van der Waals surface area contributed by atoms with Gasteiger partial charge >= 0.3 is 0 Å². The molecule has 190 valence electrons. The number of anilines is 6. The van der Waals surface area contributed by atoms with E-state index in [9.17, 15) is 0 Å². The molecular weight excluding hydrogens is 513 g/mol. The highest BCUT2D eigenvalue weighted by atomic mass is 32.1. The number of thiol groups is 1. The van der Waals surface area contributed by atoms with Gasteiger partial charge < -0.3 is 9.80 Å². The van der Waals surface area contributed by atoms with E-state index in [1.807, 2.05) is 0 Å². The predicted molar refractivity (Wildman–Crippen MR) is 172 cm³/mol. The first-order chi connectivity index (χ1) is 19.3. The largest absolute Gasteiger partial charge is 0.310 e. The van der Waals surface area contributed by atoms with Crippen LogP contribution in [0.3, 0.4) is 0 Å². The van der Waals surface area contributed by atoms with Gasteiger partial charge in [0.25, 0.3) is 0 Å². The van der Waals surface area contributed by atoms with Crippen molar-refractivity contribution < 1.29 is 0 Å². The molecule has 0 aliphatic carbocycles. The van der Waals surface area contributed by atoms with Crippen LogP contribution in [0.1, 0.15) is 4.88 Å². The zero-order valence-corrected chi connectivity index (χ0v) is 23.1. The van der Waals surface area contributed by atoms with Crippen molar-refractivity contribution in [3.8, 4) is 10.4 Å². The summed E-state index contributed by atoms with van der Waals surface area (Å²) in [6.07, 6.45) is 0. The summed E-state index contributed by atoms with van der Waals surface area (Å²) in [6.45, 7) is 0. The summed E-state index contributed by atoms with van der Waals surface area (Å²) in [4.78, 5) is 7.14. The Morgan fingerprint density at radius 1 is 0.436 bits per heavy atom. The Balaban J connectivity index is 1.61. The van der Waals surface area contributed by atoms with Crippen LogP contribution in [-0.2, 0) is 5.75 Å². The van der Waals surface area contributed by atoms with Gasteiger partial charge in [-0.15, -0.1) is 11.3 Å².